The average molecular weight is 383 g/mol. The summed E-state index contributed by atoms with van der Waals surface area (Å²) in [5.74, 6) is 0.700. The van der Waals surface area contributed by atoms with Gasteiger partial charge in [-0.05, 0) is 42.5 Å². The number of benzene rings is 1. The van der Waals surface area contributed by atoms with Crippen LogP contribution in [0.1, 0.15) is 18.7 Å². The summed E-state index contributed by atoms with van der Waals surface area (Å²) in [6.45, 7) is 1.55. The highest BCUT2D eigenvalue weighted by Gasteiger charge is 2.27. The molecule has 0 aliphatic carbocycles. The Balaban J connectivity index is 1.25. The number of urea groups is 1. The van der Waals surface area contributed by atoms with Crippen LogP contribution in [0.25, 0.3) is 11.0 Å². The minimum Gasteiger partial charge on any atom is -0.349 e. The number of piperidine rings is 1. The quantitative estimate of drug-likeness (QED) is 0.646. The van der Waals surface area contributed by atoms with Gasteiger partial charge in [0, 0.05) is 19.0 Å². The minimum absolute atomic E-state index is 0.0220. The van der Waals surface area contributed by atoms with E-state index in [4.69, 9.17) is 0 Å². The molecule has 27 heavy (non-hydrogen) atoms. The van der Waals surface area contributed by atoms with Gasteiger partial charge < -0.3 is 15.2 Å². The number of hydrogen-bond acceptors (Lipinski definition) is 4. The van der Waals surface area contributed by atoms with Gasteiger partial charge in [0.05, 0.1) is 22.6 Å². The number of amides is 3. The number of aromatic nitrogens is 2. The molecule has 1 aliphatic rings. The molecule has 3 N–H and O–H groups in total. The van der Waals surface area contributed by atoms with Gasteiger partial charge in [-0.3, -0.25) is 10.1 Å². The van der Waals surface area contributed by atoms with Crippen LogP contribution in [0.4, 0.5) is 9.80 Å². The fourth-order valence-corrected chi connectivity index (χ4v) is 3.89. The maximum Gasteiger partial charge on any atom is 0.322 e. The van der Waals surface area contributed by atoms with E-state index in [9.17, 15) is 9.59 Å². The van der Waals surface area contributed by atoms with E-state index in [0.29, 0.717) is 32.5 Å². The van der Waals surface area contributed by atoms with Crippen molar-refractivity contribution in [3.8, 4) is 0 Å². The fraction of sp³-hybridized carbons (Fsp3) is 0.316. The minimum atomic E-state index is -0.0985. The molecule has 0 atom stereocenters. The Bertz CT molecular complexity index is 896. The SMILES string of the molecule is O=C(NCc1nc2ccccc2[nH]1)C1CCN(C(=O)Nc2cccs2)CC1. The standard InChI is InChI=1S/C19H21N5O2S/c25-18(20-12-16-21-14-4-1-2-5-15(14)22-16)13-7-9-24(10-8-13)19(26)23-17-6-3-11-27-17/h1-6,11,13H,7-10,12H2,(H,20,25)(H,21,22)(H,23,26). The first kappa shape index (κ1) is 17.5. The molecular formula is C19H21N5O2S. The van der Waals surface area contributed by atoms with Crippen LogP contribution in [0, 0.1) is 5.92 Å². The van der Waals surface area contributed by atoms with E-state index in [-0.39, 0.29) is 17.9 Å². The van der Waals surface area contributed by atoms with Crippen LogP contribution in [0.3, 0.4) is 0 Å². The highest BCUT2D eigenvalue weighted by Crippen LogP contribution is 2.20. The molecule has 0 unspecified atom stereocenters. The third kappa shape index (κ3) is 4.11. The largest absolute Gasteiger partial charge is 0.349 e. The second-order valence-corrected chi connectivity index (χ2v) is 7.53. The van der Waals surface area contributed by atoms with Gasteiger partial charge in [0.1, 0.15) is 5.82 Å². The van der Waals surface area contributed by atoms with E-state index >= 15 is 0 Å². The van der Waals surface area contributed by atoms with Crippen molar-refractivity contribution in [3.63, 3.8) is 0 Å². The highest BCUT2D eigenvalue weighted by atomic mass is 32.1. The Morgan fingerprint density at radius 1 is 1.19 bits per heavy atom. The number of nitrogens with zero attached hydrogens (tertiary/aromatic N) is 2. The molecule has 0 saturated carbocycles. The number of carbonyl (C=O) groups is 2. The Hall–Kier alpha value is -2.87. The predicted octanol–water partition coefficient (Wildman–Crippen LogP) is 3.18. The van der Waals surface area contributed by atoms with Crippen molar-refractivity contribution >= 4 is 39.3 Å². The van der Waals surface area contributed by atoms with E-state index in [1.54, 1.807) is 4.90 Å². The molecule has 8 heteroatoms. The second-order valence-electron chi connectivity index (χ2n) is 6.59. The highest BCUT2D eigenvalue weighted by molar-refractivity contribution is 7.14. The molecule has 3 amide bonds. The lowest BCUT2D eigenvalue weighted by Gasteiger charge is -2.31. The van der Waals surface area contributed by atoms with Crippen LogP contribution < -0.4 is 10.6 Å². The number of likely N-dealkylation sites (tertiary alicyclic amines) is 1. The van der Waals surface area contributed by atoms with Crippen LogP contribution in [0.5, 0.6) is 0 Å². The summed E-state index contributed by atoms with van der Waals surface area (Å²) in [6.07, 6.45) is 1.34. The molecule has 0 spiro atoms. The molecule has 1 aliphatic heterocycles. The van der Waals surface area contributed by atoms with Gasteiger partial charge in [-0.2, -0.15) is 0 Å². The van der Waals surface area contributed by atoms with Gasteiger partial charge in [0.15, 0.2) is 0 Å². The maximum absolute atomic E-state index is 12.4. The normalized spacial score (nSPS) is 15.0. The number of H-pyrrole nitrogens is 1. The molecule has 1 fully saturated rings. The molecule has 3 aromatic rings. The Kier molecular flexibility index (Phi) is 5.06. The number of thiophene rings is 1. The van der Waals surface area contributed by atoms with Crippen molar-refractivity contribution < 1.29 is 9.59 Å². The zero-order valence-electron chi connectivity index (χ0n) is 14.8. The predicted molar refractivity (Wildman–Crippen MR) is 106 cm³/mol. The van der Waals surface area contributed by atoms with Crippen molar-refractivity contribution in [2.24, 2.45) is 5.92 Å². The van der Waals surface area contributed by atoms with Crippen LogP contribution in [0.2, 0.25) is 0 Å². The third-order valence-corrected chi connectivity index (χ3v) is 5.56. The van der Waals surface area contributed by atoms with E-state index < -0.39 is 0 Å². The molecule has 1 saturated heterocycles. The molecule has 1 aromatic carbocycles. The van der Waals surface area contributed by atoms with Crippen LogP contribution >= 0.6 is 11.3 Å². The summed E-state index contributed by atoms with van der Waals surface area (Å²) < 4.78 is 0. The Morgan fingerprint density at radius 2 is 2.00 bits per heavy atom. The first-order valence-electron chi connectivity index (χ1n) is 9.00. The van der Waals surface area contributed by atoms with Gasteiger partial charge in [-0.1, -0.05) is 12.1 Å². The van der Waals surface area contributed by atoms with Crippen molar-refractivity contribution in [2.45, 2.75) is 19.4 Å². The van der Waals surface area contributed by atoms with Gasteiger partial charge in [-0.15, -0.1) is 11.3 Å². The van der Waals surface area contributed by atoms with Crippen molar-refractivity contribution in [3.05, 3.63) is 47.6 Å². The Morgan fingerprint density at radius 3 is 2.74 bits per heavy atom. The van der Waals surface area contributed by atoms with Gasteiger partial charge in [-0.25, -0.2) is 9.78 Å². The number of fused-ring (bicyclic) bond motifs is 1. The lowest BCUT2D eigenvalue weighted by molar-refractivity contribution is -0.126. The summed E-state index contributed by atoms with van der Waals surface area (Å²) in [5, 5.41) is 8.61. The lowest BCUT2D eigenvalue weighted by Crippen LogP contribution is -2.44. The summed E-state index contributed by atoms with van der Waals surface area (Å²) in [5.41, 5.74) is 1.86. The Labute approximate surface area is 160 Å². The van der Waals surface area contributed by atoms with E-state index in [0.717, 1.165) is 21.9 Å². The first-order valence-corrected chi connectivity index (χ1v) is 9.88. The topological polar surface area (TPSA) is 90.1 Å². The smallest absolute Gasteiger partial charge is 0.322 e. The monoisotopic (exact) mass is 383 g/mol. The van der Waals surface area contributed by atoms with Crippen LogP contribution in [-0.4, -0.2) is 39.9 Å². The van der Waals surface area contributed by atoms with Crippen LogP contribution in [0.15, 0.2) is 41.8 Å². The zero-order valence-corrected chi connectivity index (χ0v) is 15.6. The lowest BCUT2D eigenvalue weighted by atomic mass is 9.96. The summed E-state index contributed by atoms with van der Waals surface area (Å²) in [6, 6.07) is 11.5. The summed E-state index contributed by atoms with van der Waals surface area (Å²) in [4.78, 5) is 34.1. The number of imidazole rings is 1. The molecule has 0 bridgehead atoms. The summed E-state index contributed by atoms with van der Waals surface area (Å²) in [7, 11) is 0. The number of rotatable bonds is 4. The molecule has 2 aromatic heterocycles. The van der Waals surface area contributed by atoms with E-state index in [1.165, 1.54) is 11.3 Å². The number of anilines is 1. The fourth-order valence-electron chi connectivity index (χ4n) is 3.28. The third-order valence-electron chi connectivity index (χ3n) is 4.77. The average Bonchev–Trinajstić information content (AvgIpc) is 3.35. The molecular weight excluding hydrogens is 362 g/mol. The van der Waals surface area contributed by atoms with Crippen molar-refractivity contribution in [1.82, 2.24) is 20.2 Å². The van der Waals surface area contributed by atoms with Gasteiger partial charge in [0.2, 0.25) is 5.91 Å². The second kappa shape index (κ2) is 7.79. The number of carbonyl (C=O) groups excluding carboxylic acids is 2. The van der Waals surface area contributed by atoms with Crippen LogP contribution in [-0.2, 0) is 11.3 Å². The molecule has 0 radical (unpaired) electrons. The molecule has 140 valence electrons. The molecule has 7 nitrogen and oxygen atoms in total. The zero-order chi connectivity index (χ0) is 18.6. The number of aromatic amines is 1. The maximum atomic E-state index is 12.4. The van der Waals surface area contributed by atoms with Gasteiger partial charge >= 0.3 is 6.03 Å². The number of hydrogen-bond donors (Lipinski definition) is 3. The van der Waals surface area contributed by atoms with Crippen molar-refractivity contribution in [2.75, 3.05) is 18.4 Å². The van der Waals surface area contributed by atoms with Gasteiger partial charge in [0.25, 0.3) is 0 Å². The van der Waals surface area contributed by atoms with E-state index in [2.05, 4.69) is 20.6 Å². The number of para-hydroxylation sites is 2. The summed E-state index contributed by atoms with van der Waals surface area (Å²) >= 11 is 1.49. The van der Waals surface area contributed by atoms with Crippen molar-refractivity contribution in [1.29, 1.82) is 0 Å². The van der Waals surface area contributed by atoms with E-state index in [1.807, 2.05) is 41.8 Å². The first-order chi connectivity index (χ1) is 13.2. The molecule has 3 heterocycles. The molecule has 4 rings (SSSR count). The number of nitrogens with one attached hydrogen (secondary N) is 3.